The van der Waals surface area contributed by atoms with Crippen LogP contribution in [0.3, 0.4) is 0 Å². The highest BCUT2D eigenvalue weighted by Gasteiger charge is 2.10. The van der Waals surface area contributed by atoms with E-state index in [1.807, 2.05) is 0 Å². The monoisotopic (exact) mass is 448 g/mol. The molecule has 0 aliphatic rings. The number of rotatable bonds is 8. The summed E-state index contributed by atoms with van der Waals surface area (Å²) < 4.78 is 5.41. The van der Waals surface area contributed by atoms with Crippen LogP contribution in [0.1, 0.15) is 5.56 Å². The van der Waals surface area contributed by atoms with Gasteiger partial charge in [-0.2, -0.15) is 5.10 Å². The third-order valence-electron chi connectivity index (χ3n) is 3.45. The molecule has 0 heterocycles. The number of hydrogen-bond donors (Lipinski definition) is 3. The fourth-order valence-corrected chi connectivity index (χ4v) is 2.33. The van der Waals surface area contributed by atoms with Crippen molar-refractivity contribution in [2.24, 2.45) is 5.10 Å². The molecule has 2 aromatic carbocycles. The Bertz CT molecular complexity index is 962. The highest BCUT2D eigenvalue weighted by Crippen LogP contribution is 2.24. The maximum absolute atomic E-state index is 12.0. The Balaban J connectivity index is 1.79. The molecule has 0 fully saturated rings. The standard InChI is InChI=1S/C20H18Cl2N4O4/c1-2-9-23-19(28)20(29)26-24-11-13-3-6-15(7-4-13)30-12-18(27)25-14-5-8-16(21)17(22)10-14/h2-8,10-11H,1,9,12H2,(H,23,28)(H,25,27)(H,26,29)/b24-11+. The summed E-state index contributed by atoms with van der Waals surface area (Å²) in [5.41, 5.74) is 3.26. The smallest absolute Gasteiger partial charge is 0.329 e. The topological polar surface area (TPSA) is 109 Å². The number of hydrazone groups is 1. The number of carbonyl (C=O) groups is 3. The predicted molar refractivity (Wildman–Crippen MR) is 116 cm³/mol. The summed E-state index contributed by atoms with van der Waals surface area (Å²) in [7, 11) is 0. The van der Waals surface area contributed by atoms with Gasteiger partial charge in [0.15, 0.2) is 6.61 Å². The van der Waals surface area contributed by atoms with Gasteiger partial charge in [0.1, 0.15) is 5.75 Å². The van der Waals surface area contributed by atoms with E-state index in [0.717, 1.165) is 0 Å². The Hall–Kier alpha value is -3.36. The summed E-state index contributed by atoms with van der Waals surface area (Å²) in [5, 5.41) is 9.40. The third-order valence-corrected chi connectivity index (χ3v) is 4.19. The van der Waals surface area contributed by atoms with E-state index in [0.29, 0.717) is 27.0 Å². The van der Waals surface area contributed by atoms with Crippen molar-refractivity contribution in [3.8, 4) is 5.75 Å². The SMILES string of the molecule is C=CCNC(=O)C(=O)N/N=C/c1ccc(OCC(=O)Nc2ccc(Cl)c(Cl)c2)cc1. The van der Waals surface area contributed by atoms with Crippen LogP contribution in [-0.4, -0.2) is 37.1 Å². The lowest BCUT2D eigenvalue weighted by Crippen LogP contribution is -2.37. The number of hydrogen-bond acceptors (Lipinski definition) is 5. The number of nitrogens with one attached hydrogen (secondary N) is 3. The normalized spacial score (nSPS) is 10.3. The van der Waals surface area contributed by atoms with Gasteiger partial charge in [-0.15, -0.1) is 6.58 Å². The fraction of sp³-hybridized carbons (Fsp3) is 0.100. The molecule has 0 saturated heterocycles. The molecule has 3 N–H and O–H groups in total. The highest BCUT2D eigenvalue weighted by molar-refractivity contribution is 6.42. The van der Waals surface area contributed by atoms with Gasteiger partial charge in [0.05, 0.1) is 16.3 Å². The average molecular weight is 449 g/mol. The van der Waals surface area contributed by atoms with Crippen LogP contribution in [0, 0.1) is 0 Å². The molecule has 0 aliphatic heterocycles. The van der Waals surface area contributed by atoms with Crippen molar-refractivity contribution in [3.63, 3.8) is 0 Å². The number of amides is 3. The van der Waals surface area contributed by atoms with E-state index < -0.39 is 11.8 Å². The van der Waals surface area contributed by atoms with Crippen LogP contribution in [0.2, 0.25) is 10.0 Å². The second kappa shape index (κ2) is 11.6. The minimum atomic E-state index is -0.888. The molecule has 2 rings (SSSR count). The van der Waals surface area contributed by atoms with Crippen LogP contribution >= 0.6 is 23.2 Å². The molecule has 0 radical (unpaired) electrons. The van der Waals surface area contributed by atoms with Gasteiger partial charge in [-0.05, 0) is 48.0 Å². The Morgan fingerprint density at radius 3 is 2.43 bits per heavy atom. The van der Waals surface area contributed by atoms with E-state index in [9.17, 15) is 14.4 Å². The number of ether oxygens (including phenoxy) is 1. The van der Waals surface area contributed by atoms with Gasteiger partial charge in [-0.3, -0.25) is 14.4 Å². The summed E-state index contributed by atoms with van der Waals surface area (Å²) in [5.74, 6) is -1.60. The Morgan fingerprint density at radius 1 is 1.03 bits per heavy atom. The predicted octanol–water partition coefficient (Wildman–Crippen LogP) is 2.76. The lowest BCUT2D eigenvalue weighted by molar-refractivity contribution is -0.139. The zero-order valence-corrected chi connectivity index (χ0v) is 17.2. The quantitative estimate of drug-likeness (QED) is 0.249. The summed E-state index contributed by atoms with van der Waals surface area (Å²) in [6.07, 6.45) is 2.81. The van der Waals surface area contributed by atoms with E-state index in [1.54, 1.807) is 36.4 Å². The Morgan fingerprint density at radius 2 is 1.77 bits per heavy atom. The average Bonchev–Trinajstić information content (AvgIpc) is 2.74. The second-order valence-corrected chi connectivity index (χ2v) is 6.55. The summed E-state index contributed by atoms with van der Waals surface area (Å²) in [6.45, 7) is 3.41. The molecule has 0 atom stereocenters. The molecular formula is C20H18Cl2N4O4. The molecule has 156 valence electrons. The molecule has 2 aromatic rings. The van der Waals surface area contributed by atoms with Gasteiger partial charge in [0, 0.05) is 12.2 Å². The summed E-state index contributed by atoms with van der Waals surface area (Å²) in [4.78, 5) is 34.8. The van der Waals surface area contributed by atoms with Gasteiger partial charge in [0.25, 0.3) is 5.91 Å². The minimum Gasteiger partial charge on any atom is -0.484 e. The molecule has 0 saturated carbocycles. The molecule has 10 heteroatoms. The van der Waals surface area contributed by atoms with E-state index in [4.69, 9.17) is 27.9 Å². The van der Waals surface area contributed by atoms with Crippen LogP contribution < -0.4 is 20.8 Å². The van der Waals surface area contributed by atoms with Crippen molar-refractivity contribution in [3.05, 3.63) is 70.7 Å². The summed E-state index contributed by atoms with van der Waals surface area (Å²) >= 11 is 11.7. The Labute approximate surface area is 182 Å². The van der Waals surface area contributed by atoms with Crippen molar-refractivity contribution in [1.82, 2.24) is 10.7 Å². The van der Waals surface area contributed by atoms with Gasteiger partial charge >= 0.3 is 11.8 Å². The van der Waals surface area contributed by atoms with E-state index in [1.165, 1.54) is 18.4 Å². The molecule has 8 nitrogen and oxygen atoms in total. The zero-order chi connectivity index (χ0) is 21.9. The molecule has 0 spiro atoms. The van der Waals surface area contributed by atoms with Crippen LogP contribution in [0.15, 0.2) is 60.2 Å². The molecule has 0 bridgehead atoms. The lowest BCUT2D eigenvalue weighted by atomic mass is 10.2. The van der Waals surface area contributed by atoms with E-state index in [2.05, 4.69) is 27.7 Å². The number of halogens is 2. The van der Waals surface area contributed by atoms with Gasteiger partial charge in [-0.1, -0.05) is 29.3 Å². The molecular weight excluding hydrogens is 431 g/mol. The first-order chi connectivity index (χ1) is 14.4. The van der Waals surface area contributed by atoms with E-state index in [-0.39, 0.29) is 19.1 Å². The van der Waals surface area contributed by atoms with Crippen LogP contribution in [0.4, 0.5) is 5.69 Å². The van der Waals surface area contributed by atoms with Crippen LogP contribution in [0.5, 0.6) is 5.75 Å². The first kappa shape index (κ1) is 22.9. The minimum absolute atomic E-state index is 0.183. The van der Waals surface area contributed by atoms with E-state index >= 15 is 0 Å². The summed E-state index contributed by atoms with van der Waals surface area (Å²) in [6, 6.07) is 11.3. The molecule has 30 heavy (non-hydrogen) atoms. The molecule has 0 aliphatic carbocycles. The van der Waals surface area contributed by atoms with Gasteiger partial charge in [0.2, 0.25) is 0 Å². The molecule has 0 unspecified atom stereocenters. The maximum atomic E-state index is 12.0. The van der Waals surface area contributed by atoms with Crippen molar-refractivity contribution >= 4 is 52.8 Å². The Kier molecular flexibility index (Phi) is 8.86. The van der Waals surface area contributed by atoms with Crippen LogP contribution in [-0.2, 0) is 14.4 Å². The third kappa shape index (κ3) is 7.57. The first-order valence-electron chi connectivity index (χ1n) is 8.59. The van der Waals surface area contributed by atoms with Crippen molar-refractivity contribution in [2.75, 3.05) is 18.5 Å². The van der Waals surface area contributed by atoms with Crippen molar-refractivity contribution in [2.45, 2.75) is 0 Å². The number of anilines is 1. The van der Waals surface area contributed by atoms with Gasteiger partial charge in [-0.25, -0.2) is 5.43 Å². The van der Waals surface area contributed by atoms with Crippen molar-refractivity contribution < 1.29 is 19.1 Å². The lowest BCUT2D eigenvalue weighted by Gasteiger charge is -2.08. The number of carbonyl (C=O) groups excluding carboxylic acids is 3. The fourth-order valence-electron chi connectivity index (χ4n) is 2.03. The zero-order valence-electron chi connectivity index (χ0n) is 15.7. The maximum Gasteiger partial charge on any atom is 0.329 e. The highest BCUT2D eigenvalue weighted by atomic mass is 35.5. The molecule has 3 amide bonds. The van der Waals surface area contributed by atoms with Crippen LogP contribution in [0.25, 0.3) is 0 Å². The largest absolute Gasteiger partial charge is 0.484 e. The molecule has 0 aromatic heterocycles. The number of benzene rings is 2. The number of nitrogens with zero attached hydrogens (tertiary/aromatic N) is 1. The van der Waals surface area contributed by atoms with Gasteiger partial charge < -0.3 is 15.4 Å². The van der Waals surface area contributed by atoms with Crippen molar-refractivity contribution in [1.29, 1.82) is 0 Å². The second-order valence-electron chi connectivity index (χ2n) is 5.73. The first-order valence-corrected chi connectivity index (χ1v) is 9.34.